The Labute approximate surface area is 195 Å². The van der Waals surface area contributed by atoms with Crippen LogP contribution in [0.4, 0.5) is 0 Å². The molecule has 8 nitrogen and oxygen atoms in total. The lowest BCUT2D eigenvalue weighted by Crippen LogP contribution is -2.60. The highest BCUT2D eigenvalue weighted by Gasteiger charge is 2.72. The maximum Gasteiger partial charge on any atom is 0.312 e. The summed E-state index contributed by atoms with van der Waals surface area (Å²) in [5.41, 5.74) is -1.28. The third-order valence-electron chi connectivity index (χ3n) is 7.79. The van der Waals surface area contributed by atoms with Crippen LogP contribution in [-0.2, 0) is 23.9 Å². The molecule has 182 valence electrons. The molecule has 33 heavy (non-hydrogen) atoms. The molecule has 4 rings (SSSR count). The molecule has 4 aliphatic heterocycles. The standard InChI is InChI=1S/C25H36N2O6/c1-5-16(4)17(14-28)27-21-23(30)26(15(2)3)12-9-11-25(21)20(22(27)29)19-18(33-25)10-7-6-8-13-32-24(19)31/h7,9-11,15-21,28H,5-6,8,12-14H2,1-4H3/b10-7-/t16-,17-,18-,19+,20-,21?,25-/m0/s1. The average Bonchev–Trinajstić information content (AvgIpc) is 3.19. The first-order chi connectivity index (χ1) is 15.8. The van der Waals surface area contributed by atoms with Crippen molar-refractivity contribution < 1.29 is 29.0 Å². The normalized spacial score (nSPS) is 36.8. The third kappa shape index (κ3) is 3.71. The number of esters is 1. The molecule has 0 radical (unpaired) electrons. The summed E-state index contributed by atoms with van der Waals surface area (Å²) in [6.07, 6.45) is 9.06. The molecule has 0 aromatic carbocycles. The molecular weight excluding hydrogens is 424 g/mol. The van der Waals surface area contributed by atoms with Crippen LogP contribution in [0.1, 0.15) is 47.0 Å². The number of cyclic esters (lactones) is 1. The molecule has 8 heteroatoms. The van der Waals surface area contributed by atoms with Crippen molar-refractivity contribution in [1.29, 1.82) is 0 Å². The molecule has 0 aromatic rings. The highest BCUT2D eigenvalue weighted by molar-refractivity contribution is 5.99. The first-order valence-corrected chi connectivity index (χ1v) is 12.2. The van der Waals surface area contributed by atoms with E-state index in [1.165, 1.54) is 4.90 Å². The van der Waals surface area contributed by atoms with Crippen LogP contribution < -0.4 is 0 Å². The predicted octanol–water partition coefficient (Wildman–Crippen LogP) is 1.67. The fourth-order valence-electron chi connectivity index (χ4n) is 5.85. The second-order valence-electron chi connectivity index (χ2n) is 9.95. The van der Waals surface area contributed by atoms with Crippen molar-refractivity contribution in [3.05, 3.63) is 24.3 Å². The monoisotopic (exact) mass is 460 g/mol. The SMILES string of the molecule is CC[C@H](C)[C@H](CO)N1C(=O)[C@@H]2[C@@H]3C(=O)OCCC/C=C\[C@@H]3O[C@@]23C=CCN(C(C)C)C(=O)C13. The van der Waals surface area contributed by atoms with Gasteiger partial charge in [0.2, 0.25) is 11.8 Å². The summed E-state index contributed by atoms with van der Waals surface area (Å²) in [6, 6.07) is -1.57. The number of ether oxygens (including phenoxy) is 2. The van der Waals surface area contributed by atoms with Gasteiger partial charge >= 0.3 is 5.97 Å². The maximum atomic E-state index is 14.1. The van der Waals surface area contributed by atoms with Crippen LogP contribution in [0.2, 0.25) is 0 Å². The van der Waals surface area contributed by atoms with Gasteiger partial charge < -0.3 is 24.4 Å². The van der Waals surface area contributed by atoms with E-state index in [0.717, 1.165) is 12.8 Å². The van der Waals surface area contributed by atoms with Crippen LogP contribution >= 0.6 is 0 Å². The Morgan fingerprint density at radius 3 is 2.61 bits per heavy atom. The molecule has 1 unspecified atom stereocenters. The second kappa shape index (κ2) is 9.22. The molecule has 4 heterocycles. The van der Waals surface area contributed by atoms with E-state index in [1.807, 2.05) is 52.0 Å². The van der Waals surface area contributed by atoms with Crippen molar-refractivity contribution in [2.24, 2.45) is 17.8 Å². The van der Waals surface area contributed by atoms with Gasteiger partial charge in [-0.2, -0.15) is 0 Å². The Balaban J connectivity index is 1.88. The number of amides is 2. The topological polar surface area (TPSA) is 96.4 Å². The Kier molecular flexibility index (Phi) is 6.69. The molecular formula is C25H36N2O6. The van der Waals surface area contributed by atoms with Crippen LogP contribution in [0.15, 0.2) is 24.3 Å². The molecule has 4 aliphatic rings. The summed E-state index contributed by atoms with van der Waals surface area (Å²) in [5, 5.41) is 10.3. The van der Waals surface area contributed by atoms with Crippen molar-refractivity contribution in [3.8, 4) is 0 Å². The van der Waals surface area contributed by atoms with Crippen LogP contribution in [0, 0.1) is 17.8 Å². The quantitative estimate of drug-likeness (QED) is 0.495. The van der Waals surface area contributed by atoms with Crippen LogP contribution in [0.25, 0.3) is 0 Å². The zero-order valence-corrected chi connectivity index (χ0v) is 20.0. The first kappa shape index (κ1) is 24.0. The van der Waals surface area contributed by atoms with Gasteiger partial charge in [0.1, 0.15) is 17.6 Å². The number of hydrogen-bond donors (Lipinski definition) is 1. The van der Waals surface area contributed by atoms with Gasteiger partial charge in [0.25, 0.3) is 0 Å². The van der Waals surface area contributed by atoms with E-state index >= 15 is 0 Å². The Morgan fingerprint density at radius 1 is 1.18 bits per heavy atom. The number of rotatable bonds is 5. The number of hydrogen-bond acceptors (Lipinski definition) is 6. The summed E-state index contributed by atoms with van der Waals surface area (Å²) in [5.74, 6) is -2.74. The number of likely N-dealkylation sites (tertiary alicyclic amines) is 1. The number of aliphatic hydroxyl groups is 1. The van der Waals surface area contributed by atoms with E-state index in [4.69, 9.17) is 9.47 Å². The van der Waals surface area contributed by atoms with E-state index in [1.54, 1.807) is 4.90 Å². The minimum absolute atomic E-state index is 0.0365. The molecule has 2 amide bonds. The molecule has 0 aromatic heterocycles. The molecule has 0 saturated carbocycles. The molecule has 7 atom stereocenters. The summed E-state index contributed by atoms with van der Waals surface area (Å²) in [7, 11) is 0. The zero-order valence-electron chi connectivity index (χ0n) is 20.0. The largest absolute Gasteiger partial charge is 0.465 e. The van der Waals surface area contributed by atoms with Crippen LogP contribution in [0.5, 0.6) is 0 Å². The highest BCUT2D eigenvalue weighted by Crippen LogP contribution is 2.54. The van der Waals surface area contributed by atoms with Crippen molar-refractivity contribution in [1.82, 2.24) is 9.80 Å². The number of carbonyl (C=O) groups excluding carboxylic acids is 3. The van der Waals surface area contributed by atoms with Crippen LogP contribution in [-0.4, -0.2) is 82.3 Å². The van der Waals surface area contributed by atoms with E-state index in [2.05, 4.69) is 0 Å². The van der Waals surface area contributed by atoms with E-state index in [-0.39, 0.29) is 37.0 Å². The number of allylic oxidation sites excluding steroid dienone is 1. The predicted molar refractivity (Wildman–Crippen MR) is 121 cm³/mol. The molecule has 1 N–H and O–H groups in total. The van der Waals surface area contributed by atoms with Gasteiger partial charge in [-0.15, -0.1) is 0 Å². The number of nitrogens with zero attached hydrogens (tertiary/aromatic N) is 2. The molecule has 0 aliphatic carbocycles. The van der Waals surface area contributed by atoms with Crippen molar-refractivity contribution in [2.75, 3.05) is 19.8 Å². The smallest absolute Gasteiger partial charge is 0.312 e. The van der Waals surface area contributed by atoms with Gasteiger partial charge in [0.05, 0.1) is 31.3 Å². The fraction of sp³-hybridized carbons (Fsp3) is 0.720. The zero-order chi connectivity index (χ0) is 23.9. The lowest BCUT2D eigenvalue weighted by atomic mass is 9.78. The average molecular weight is 461 g/mol. The number of carbonyl (C=O) groups is 3. The summed E-state index contributed by atoms with van der Waals surface area (Å²) in [4.78, 5) is 44.5. The molecule has 2 fully saturated rings. The Bertz CT molecular complexity index is 854. The Hall–Kier alpha value is -2.19. The van der Waals surface area contributed by atoms with Gasteiger partial charge in [-0.25, -0.2) is 0 Å². The lowest BCUT2D eigenvalue weighted by molar-refractivity contribution is -0.157. The van der Waals surface area contributed by atoms with Crippen LogP contribution in [0.3, 0.4) is 0 Å². The summed E-state index contributed by atoms with van der Waals surface area (Å²) >= 11 is 0. The Morgan fingerprint density at radius 2 is 1.94 bits per heavy atom. The maximum absolute atomic E-state index is 14.1. The van der Waals surface area contributed by atoms with Gasteiger partial charge in [-0.1, -0.05) is 44.6 Å². The van der Waals surface area contributed by atoms with Gasteiger partial charge in [0, 0.05) is 12.6 Å². The molecule has 0 bridgehead atoms. The highest BCUT2D eigenvalue weighted by atomic mass is 16.6. The van der Waals surface area contributed by atoms with Crippen molar-refractivity contribution in [2.45, 2.75) is 76.8 Å². The molecule has 2 saturated heterocycles. The van der Waals surface area contributed by atoms with Gasteiger partial charge in [0.15, 0.2) is 0 Å². The summed E-state index contributed by atoms with van der Waals surface area (Å²) in [6.45, 7) is 8.25. The van der Waals surface area contributed by atoms with E-state index in [9.17, 15) is 19.5 Å². The van der Waals surface area contributed by atoms with Crippen molar-refractivity contribution in [3.63, 3.8) is 0 Å². The minimum atomic E-state index is -1.28. The van der Waals surface area contributed by atoms with E-state index < -0.39 is 41.6 Å². The number of fused-ring (bicyclic) bond motifs is 2. The third-order valence-corrected chi connectivity index (χ3v) is 7.79. The minimum Gasteiger partial charge on any atom is -0.465 e. The fourth-order valence-corrected chi connectivity index (χ4v) is 5.85. The van der Waals surface area contributed by atoms with E-state index in [0.29, 0.717) is 13.0 Å². The number of aliphatic hydroxyl groups excluding tert-OH is 1. The first-order valence-electron chi connectivity index (χ1n) is 12.2. The summed E-state index contributed by atoms with van der Waals surface area (Å²) < 4.78 is 12.1. The lowest BCUT2D eigenvalue weighted by Gasteiger charge is -2.41. The molecule has 1 spiro atoms. The van der Waals surface area contributed by atoms with Gasteiger partial charge in [-0.05, 0) is 32.6 Å². The van der Waals surface area contributed by atoms with Gasteiger partial charge in [-0.3, -0.25) is 14.4 Å². The second-order valence-corrected chi connectivity index (χ2v) is 9.95. The van der Waals surface area contributed by atoms with Crippen molar-refractivity contribution >= 4 is 17.8 Å².